The number of hydrogen-bond donors (Lipinski definition) is 2. The lowest BCUT2D eigenvalue weighted by atomic mass is 10.1. The number of esters is 1. The topological polar surface area (TPSA) is 67.4 Å². The van der Waals surface area contributed by atoms with Gasteiger partial charge in [0.05, 0.1) is 7.11 Å². The van der Waals surface area contributed by atoms with Crippen LogP contribution in [0.4, 0.5) is 14.9 Å². The van der Waals surface area contributed by atoms with E-state index < -0.39 is 23.9 Å². The highest BCUT2D eigenvalue weighted by Gasteiger charge is 2.23. The molecule has 5 nitrogen and oxygen atoms in total. The molecular weight excluding hydrogens is 287 g/mol. The van der Waals surface area contributed by atoms with E-state index >= 15 is 0 Å². The van der Waals surface area contributed by atoms with Gasteiger partial charge in [0, 0.05) is 5.69 Å². The van der Waals surface area contributed by atoms with Crippen LogP contribution in [0.2, 0.25) is 0 Å². The fourth-order valence-electron chi connectivity index (χ4n) is 1.87. The number of amides is 2. The van der Waals surface area contributed by atoms with Crippen LogP contribution in [0.15, 0.2) is 54.6 Å². The molecule has 0 aromatic heterocycles. The summed E-state index contributed by atoms with van der Waals surface area (Å²) in [6, 6.07) is 12.5. The number of methoxy groups -OCH3 is 1. The van der Waals surface area contributed by atoms with Crippen molar-refractivity contribution < 1.29 is 18.7 Å². The summed E-state index contributed by atoms with van der Waals surface area (Å²) in [5, 5.41) is 5.05. The third-order valence-corrected chi connectivity index (χ3v) is 2.95. The molecule has 0 bridgehead atoms. The minimum atomic E-state index is -0.924. The minimum absolute atomic E-state index is 0.400. The molecule has 0 saturated heterocycles. The van der Waals surface area contributed by atoms with Gasteiger partial charge in [0.15, 0.2) is 6.04 Å². The molecule has 114 valence electrons. The molecule has 2 rings (SSSR count). The van der Waals surface area contributed by atoms with E-state index in [2.05, 4.69) is 10.6 Å². The van der Waals surface area contributed by atoms with E-state index in [1.807, 2.05) is 0 Å². The average Bonchev–Trinajstić information content (AvgIpc) is 2.55. The third-order valence-electron chi connectivity index (χ3n) is 2.95. The first-order chi connectivity index (χ1) is 10.6. The summed E-state index contributed by atoms with van der Waals surface area (Å²) in [5.74, 6) is -0.983. The van der Waals surface area contributed by atoms with Gasteiger partial charge in [-0.1, -0.05) is 30.3 Å². The normalized spacial score (nSPS) is 11.4. The molecule has 0 radical (unpaired) electrons. The zero-order valence-corrected chi connectivity index (χ0v) is 11.9. The second-order valence-corrected chi connectivity index (χ2v) is 4.47. The van der Waals surface area contributed by atoms with E-state index in [1.54, 1.807) is 30.3 Å². The van der Waals surface area contributed by atoms with Gasteiger partial charge >= 0.3 is 12.0 Å². The lowest BCUT2D eigenvalue weighted by molar-refractivity contribution is -0.143. The molecule has 0 aliphatic carbocycles. The molecule has 2 amide bonds. The third kappa shape index (κ3) is 4.05. The lowest BCUT2D eigenvalue weighted by Crippen LogP contribution is -2.37. The van der Waals surface area contributed by atoms with E-state index in [-0.39, 0.29) is 0 Å². The Labute approximate surface area is 127 Å². The highest BCUT2D eigenvalue weighted by atomic mass is 19.1. The van der Waals surface area contributed by atoms with Gasteiger partial charge in [-0.2, -0.15) is 0 Å². The molecule has 0 aliphatic heterocycles. The molecule has 0 spiro atoms. The summed E-state index contributed by atoms with van der Waals surface area (Å²) in [7, 11) is 1.25. The summed E-state index contributed by atoms with van der Waals surface area (Å²) in [4.78, 5) is 23.8. The van der Waals surface area contributed by atoms with Gasteiger partial charge in [0.1, 0.15) is 5.82 Å². The van der Waals surface area contributed by atoms with Gasteiger partial charge in [-0.15, -0.1) is 0 Å². The van der Waals surface area contributed by atoms with Crippen molar-refractivity contribution in [3.05, 3.63) is 66.0 Å². The van der Waals surface area contributed by atoms with E-state index in [9.17, 15) is 14.0 Å². The largest absolute Gasteiger partial charge is 0.467 e. The Kier molecular flexibility index (Phi) is 5.08. The predicted molar refractivity (Wildman–Crippen MR) is 79.8 cm³/mol. The van der Waals surface area contributed by atoms with Crippen molar-refractivity contribution >= 4 is 17.7 Å². The number of urea groups is 1. The standard InChI is InChI=1S/C16H15FN2O3/c1-22-15(20)14(11-5-3-2-4-6-11)19-16(21)18-13-9-7-12(17)8-10-13/h2-10,14H,1H3,(H2,18,19,21). The minimum Gasteiger partial charge on any atom is -0.467 e. The van der Waals surface area contributed by atoms with Crippen molar-refractivity contribution in [1.29, 1.82) is 0 Å². The summed E-state index contributed by atoms with van der Waals surface area (Å²) < 4.78 is 17.5. The first kappa shape index (κ1) is 15.5. The smallest absolute Gasteiger partial charge is 0.333 e. The summed E-state index contributed by atoms with van der Waals surface area (Å²) in [6.45, 7) is 0. The summed E-state index contributed by atoms with van der Waals surface area (Å²) in [5.41, 5.74) is 1.01. The Morgan fingerprint density at radius 2 is 1.68 bits per heavy atom. The van der Waals surface area contributed by atoms with Crippen LogP contribution in [-0.2, 0) is 9.53 Å². The number of rotatable bonds is 4. The van der Waals surface area contributed by atoms with Crippen molar-refractivity contribution in [2.45, 2.75) is 6.04 Å². The van der Waals surface area contributed by atoms with Gasteiger partial charge in [-0.25, -0.2) is 14.0 Å². The summed E-state index contributed by atoms with van der Waals surface area (Å²) >= 11 is 0. The van der Waals surface area contributed by atoms with Crippen LogP contribution in [0.25, 0.3) is 0 Å². The number of carbonyl (C=O) groups is 2. The average molecular weight is 302 g/mol. The molecule has 22 heavy (non-hydrogen) atoms. The molecule has 0 fully saturated rings. The molecule has 0 aliphatic rings. The number of halogens is 1. The SMILES string of the molecule is COC(=O)C(NC(=O)Nc1ccc(F)cc1)c1ccccc1. The van der Waals surface area contributed by atoms with Gasteiger partial charge in [0.25, 0.3) is 0 Å². The number of carbonyl (C=O) groups excluding carboxylic acids is 2. The van der Waals surface area contributed by atoms with E-state index in [1.165, 1.54) is 31.4 Å². The van der Waals surface area contributed by atoms with Crippen LogP contribution in [0.3, 0.4) is 0 Å². The number of hydrogen-bond acceptors (Lipinski definition) is 3. The first-order valence-corrected chi connectivity index (χ1v) is 6.56. The van der Waals surface area contributed by atoms with Crippen molar-refractivity contribution in [3.63, 3.8) is 0 Å². The number of ether oxygens (including phenoxy) is 1. The van der Waals surface area contributed by atoms with Crippen LogP contribution in [0.5, 0.6) is 0 Å². The Morgan fingerprint density at radius 3 is 2.27 bits per heavy atom. The fraction of sp³-hybridized carbons (Fsp3) is 0.125. The second kappa shape index (κ2) is 7.21. The Hall–Kier alpha value is -2.89. The molecule has 1 unspecified atom stereocenters. The van der Waals surface area contributed by atoms with Crippen LogP contribution < -0.4 is 10.6 Å². The van der Waals surface area contributed by atoms with E-state index in [4.69, 9.17) is 4.74 Å². The van der Waals surface area contributed by atoms with Crippen LogP contribution in [0, 0.1) is 5.82 Å². The number of benzene rings is 2. The molecule has 0 saturated carbocycles. The molecule has 2 aromatic carbocycles. The van der Waals surface area contributed by atoms with E-state index in [0.717, 1.165) is 0 Å². The Morgan fingerprint density at radius 1 is 1.05 bits per heavy atom. The monoisotopic (exact) mass is 302 g/mol. The summed E-state index contributed by atoms with van der Waals surface area (Å²) in [6.07, 6.45) is 0. The van der Waals surface area contributed by atoms with Gasteiger partial charge in [-0.05, 0) is 29.8 Å². The fourth-order valence-corrected chi connectivity index (χ4v) is 1.87. The van der Waals surface area contributed by atoms with Crippen molar-refractivity contribution in [1.82, 2.24) is 5.32 Å². The molecular formula is C16H15FN2O3. The zero-order valence-electron chi connectivity index (χ0n) is 11.9. The van der Waals surface area contributed by atoms with Crippen LogP contribution in [0.1, 0.15) is 11.6 Å². The van der Waals surface area contributed by atoms with Gasteiger partial charge < -0.3 is 15.4 Å². The van der Waals surface area contributed by atoms with E-state index in [0.29, 0.717) is 11.3 Å². The number of nitrogens with one attached hydrogen (secondary N) is 2. The highest BCUT2D eigenvalue weighted by Crippen LogP contribution is 2.15. The van der Waals surface area contributed by atoms with Crippen molar-refractivity contribution in [2.75, 3.05) is 12.4 Å². The van der Waals surface area contributed by atoms with Crippen LogP contribution >= 0.6 is 0 Å². The highest BCUT2D eigenvalue weighted by molar-refractivity contribution is 5.92. The second-order valence-electron chi connectivity index (χ2n) is 4.47. The van der Waals surface area contributed by atoms with Gasteiger partial charge in [-0.3, -0.25) is 0 Å². The van der Waals surface area contributed by atoms with Crippen LogP contribution in [-0.4, -0.2) is 19.1 Å². The predicted octanol–water partition coefficient (Wildman–Crippen LogP) is 2.86. The molecule has 0 heterocycles. The molecule has 6 heteroatoms. The zero-order chi connectivity index (χ0) is 15.9. The van der Waals surface area contributed by atoms with Gasteiger partial charge in [0.2, 0.25) is 0 Å². The first-order valence-electron chi connectivity index (χ1n) is 6.56. The van der Waals surface area contributed by atoms with Crippen molar-refractivity contribution in [2.24, 2.45) is 0 Å². The molecule has 2 N–H and O–H groups in total. The maximum absolute atomic E-state index is 12.8. The maximum atomic E-state index is 12.8. The molecule has 2 aromatic rings. The lowest BCUT2D eigenvalue weighted by Gasteiger charge is -2.17. The quantitative estimate of drug-likeness (QED) is 0.853. The van der Waals surface area contributed by atoms with Crippen molar-refractivity contribution in [3.8, 4) is 0 Å². The Balaban J connectivity index is 2.08. The molecule has 1 atom stereocenters. The maximum Gasteiger partial charge on any atom is 0.333 e. The number of anilines is 1. The Bertz CT molecular complexity index is 644.